The molecule has 0 bridgehead atoms. The zero-order valence-corrected chi connectivity index (χ0v) is 12.3. The molecule has 0 radical (unpaired) electrons. The third kappa shape index (κ3) is 4.07. The topological polar surface area (TPSA) is 61.4 Å². The van der Waals surface area contributed by atoms with Gasteiger partial charge < -0.3 is 15.7 Å². The SMILES string of the molecule is Cc1ccc(NC(=O)NC(CO)c2ccccc2)c(C)c1. The van der Waals surface area contributed by atoms with Crippen LogP contribution in [0.2, 0.25) is 0 Å². The zero-order chi connectivity index (χ0) is 15.2. The van der Waals surface area contributed by atoms with E-state index in [-0.39, 0.29) is 12.6 Å². The van der Waals surface area contributed by atoms with Crippen molar-refractivity contribution in [2.24, 2.45) is 0 Å². The van der Waals surface area contributed by atoms with E-state index in [1.807, 2.05) is 62.4 Å². The molecule has 110 valence electrons. The molecule has 21 heavy (non-hydrogen) atoms. The first kappa shape index (κ1) is 15.1. The highest BCUT2D eigenvalue weighted by atomic mass is 16.3. The molecule has 0 aliphatic heterocycles. The van der Waals surface area contributed by atoms with Crippen LogP contribution >= 0.6 is 0 Å². The highest BCUT2D eigenvalue weighted by Crippen LogP contribution is 2.17. The van der Waals surface area contributed by atoms with Crippen LogP contribution in [0.25, 0.3) is 0 Å². The largest absolute Gasteiger partial charge is 0.394 e. The van der Waals surface area contributed by atoms with Gasteiger partial charge >= 0.3 is 6.03 Å². The normalized spacial score (nSPS) is 11.8. The molecular formula is C17H20N2O2. The molecule has 2 amide bonds. The maximum atomic E-state index is 12.1. The van der Waals surface area contributed by atoms with Crippen molar-refractivity contribution in [2.45, 2.75) is 19.9 Å². The third-order valence-electron chi connectivity index (χ3n) is 3.32. The van der Waals surface area contributed by atoms with Crippen LogP contribution in [0, 0.1) is 13.8 Å². The molecule has 0 aliphatic rings. The van der Waals surface area contributed by atoms with Gasteiger partial charge in [0, 0.05) is 5.69 Å². The van der Waals surface area contributed by atoms with Gasteiger partial charge in [-0.15, -0.1) is 0 Å². The van der Waals surface area contributed by atoms with E-state index in [1.54, 1.807) is 0 Å². The fourth-order valence-electron chi connectivity index (χ4n) is 2.19. The summed E-state index contributed by atoms with van der Waals surface area (Å²) in [5, 5.41) is 15.0. The fourth-order valence-corrected chi connectivity index (χ4v) is 2.19. The van der Waals surface area contributed by atoms with Gasteiger partial charge in [-0.1, -0.05) is 48.0 Å². The van der Waals surface area contributed by atoms with Crippen molar-refractivity contribution in [3.8, 4) is 0 Å². The van der Waals surface area contributed by atoms with Crippen LogP contribution < -0.4 is 10.6 Å². The number of hydrogen-bond acceptors (Lipinski definition) is 2. The minimum absolute atomic E-state index is 0.148. The fraction of sp³-hybridized carbons (Fsp3) is 0.235. The molecule has 4 heteroatoms. The van der Waals surface area contributed by atoms with Crippen molar-refractivity contribution < 1.29 is 9.90 Å². The predicted molar refractivity (Wildman–Crippen MR) is 84.3 cm³/mol. The second-order valence-corrected chi connectivity index (χ2v) is 5.06. The van der Waals surface area contributed by atoms with Crippen LogP contribution in [0.3, 0.4) is 0 Å². The number of benzene rings is 2. The van der Waals surface area contributed by atoms with Crippen LogP contribution in [0.1, 0.15) is 22.7 Å². The van der Waals surface area contributed by atoms with Crippen LogP contribution in [-0.4, -0.2) is 17.7 Å². The molecule has 1 unspecified atom stereocenters. The first-order valence-electron chi connectivity index (χ1n) is 6.90. The summed E-state index contributed by atoms with van der Waals surface area (Å²) < 4.78 is 0. The summed E-state index contributed by atoms with van der Waals surface area (Å²) in [7, 11) is 0. The number of anilines is 1. The van der Waals surface area contributed by atoms with Crippen molar-refractivity contribution in [2.75, 3.05) is 11.9 Å². The highest BCUT2D eigenvalue weighted by Gasteiger charge is 2.13. The van der Waals surface area contributed by atoms with Crippen molar-refractivity contribution in [3.05, 3.63) is 65.2 Å². The Hall–Kier alpha value is -2.33. The van der Waals surface area contributed by atoms with Gasteiger partial charge in [-0.3, -0.25) is 0 Å². The van der Waals surface area contributed by atoms with Gasteiger partial charge in [0.2, 0.25) is 0 Å². The first-order chi connectivity index (χ1) is 10.1. The van der Waals surface area contributed by atoms with E-state index < -0.39 is 6.04 Å². The van der Waals surface area contributed by atoms with Crippen LogP contribution in [0.15, 0.2) is 48.5 Å². The lowest BCUT2D eigenvalue weighted by Crippen LogP contribution is -2.34. The summed E-state index contributed by atoms with van der Waals surface area (Å²) >= 11 is 0. The first-order valence-corrected chi connectivity index (χ1v) is 6.90. The number of carbonyl (C=O) groups excluding carboxylic acids is 1. The van der Waals surface area contributed by atoms with Crippen molar-refractivity contribution in [3.63, 3.8) is 0 Å². The number of urea groups is 1. The number of aliphatic hydroxyl groups excluding tert-OH is 1. The summed E-state index contributed by atoms with van der Waals surface area (Å²) in [4.78, 5) is 12.1. The van der Waals surface area contributed by atoms with Gasteiger partial charge in [0.1, 0.15) is 0 Å². The van der Waals surface area contributed by atoms with Crippen LogP contribution in [-0.2, 0) is 0 Å². The van der Waals surface area contributed by atoms with Gasteiger partial charge in [-0.2, -0.15) is 0 Å². The van der Waals surface area contributed by atoms with Gasteiger partial charge in [0.05, 0.1) is 12.6 Å². The Morgan fingerprint density at radius 1 is 1.14 bits per heavy atom. The number of rotatable bonds is 4. The van der Waals surface area contributed by atoms with Gasteiger partial charge in [-0.05, 0) is 31.0 Å². The predicted octanol–water partition coefficient (Wildman–Crippen LogP) is 3.16. The Labute approximate surface area is 124 Å². The number of aryl methyl sites for hydroxylation is 2. The smallest absolute Gasteiger partial charge is 0.319 e. The van der Waals surface area contributed by atoms with E-state index in [0.29, 0.717) is 0 Å². The molecule has 2 rings (SSSR count). The molecule has 0 fully saturated rings. The highest BCUT2D eigenvalue weighted by molar-refractivity contribution is 5.90. The molecule has 0 heterocycles. The maximum absolute atomic E-state index is 12.1. The molecule has 3 N–H and O–H groups in total. The summed E-state index contributed by atoms with van der Waals surface area (Å²) in [5.74, 6) is 0. The molecule has 1 atom stereocenters. The molecule has 0 aliphatic carbocycles. The Kier molecular flexibility index (Phi) is 4.95. The van der Waals surface area contributed by atoms with Gasteiger partial charge in [0.15, 0.2) is 0 Å². The molecule has 0 aromatic heterocycles. The number of nitrogens with one attached hydrogen (secondary N) is 2. The third-order valence-corrected chi connectivity index (χ3v) is 3.32. The van der Waals surface area contributed by atoms with E-state index in [0.717, 1.165) is 22.4 Å². The summed E-state index contributed by atoms with van der Waals surface area (Å²) in [6.07, 6.45) is 0. The molecule has 2 aromatic carbocycles. The number of aliphatic hydroxyl groups is 1. The number of carbonyl (C=O) groups is 1. The molecule has 0 saturated heterocycles. The Bertz CT molecular complexity index is 611. The van der Waals surface area contributed by atoms with E-state index >= 15 is 0 Å². The number of hydrogen-bond donors (Lipinski definition) is 3. The molecule has 0 spiro atoms. The van der Waals surface area contributed by atoms with E-state index in [9.17, 15) is 9.90 Å². The van der Waals surface area contributed by atoms with E-state index in [1.165, 1.54) is 0 Å². The van der Waals surface area contributed by atoms with Crippen LogP contribution in [0.5, 0.6) is 0 Å². The average molecular weight is 284 g/mol. The average Bonchev–Trinajstić information content (AvgIpc) is 2.48. The minimum Gasteiger partial charge on any atom is -0.394 e. The summed E-state index contributed by atoms with van der Waals surface area (Å²) in [6.45, 7) is 3.81. The lowest BCUT2D eigenvalue weighted by atomic mass is 10.1. The van der Waals surface area contributed by atoms with Gasteiger partial charge in [0.25, 0.3) is 0 Å². The zero-order valence-electron chi connectivity index (χ0n) is 12.3. The molecule has 0 saturated carbocycles. The monoisotopic (exact) mass is 284 g/mol. The maximum Gasteiger partial charge on any atom is 0.319 e. The minimum atomic E-state index is -0.419. The Morgan fingerprint density at radius 3 is 2.48 bits per heavy atom. The Balaban J connectivity index is 2.03. The van der Waals surface area contributed by atoms with E-state index in [2.05, 4.69) is 10.6 Å². The quantitative estimate of drug-likeness (QED) is 0.807. The standard InChI is InChI=1S/C17H20N2O2/c1-12-8-9-15(13(2)10-12)18-17(21)19-16(11-20)14-6-4-3-5-7-14/h3-10,16,20H,11H2,1-2H3,(H2,18,19,21). The second kappa shape index (κ2) is 6.90. The lowest BCUT2D eigenvalue weighted by Gasteiger charge is -2.18. The number of amides is 2. The lowest BCUT2D eigenvalue weighted by molar-refractivity contribution is 0.225. The molecule has 2 aromatic rings. The van der Waals surface area contributed by atoms with Gasteiger partial charge in [-0.25, -0.2) is 4.79 Å². The van der Waals surface area contributed by atoms with Crippen molar-refractivity contribution in [1.82, 2.24) is 5.32 Å². The van der Waals surface area contributed by atoms with Crippen molar-refractivity contribution >= 4 is 11.7 Å². The van der Waals surface area contributed by atoms with Crippen LogP contribution in [0.4, 0.5) is 10.5 Å². The Morgan fingerprint density at radius 2 is 1.86 bits per heavy atom. The molecule has 4 nitrogen and oxygen atoms in total. The summed E-state index contributed by atoms with van der Waals surface area (Å²) in [5.41, 5.74) is 3.79. The van der Waals surface area contributed by atoms with Crippen molar-refractivity contribution in [1.29, 1.82) is 0 Å². The molecular weight excluding hydrogens is 264 g/mol. The second-order valence-electron chi connectivity index (χ2n) is 5.06. The summed E-state index contributed by atoms with van der Waals surface area (Å²) in [6, 6.07) is 14.5. The van der Waals surface area contributed by atoms with E-state index in [4.69, 9.17) is 0 Å².